The number of H-pyrrole nitrogens is 1. The van der Waals surface area contributed by atoms with Crippen molar-refractivity contribution < 1.29 is 23.5 Å². The fourth-order valence-electron chi connectivity index (χ4n) is 4.02. The van der Waals surface area contributed by atoms with Crippen molar-refractivity contribution in [2.75, 3.05) is 0 Å². The van der Waals surface area contributed by atoms with E-state index in [1.165, 1.54) is 12.3 Å². The van der Waals surface area contributed by atoms with E-state index >= 15 is 4.39 Å². The fraction of sp³-hybridized carbons (Fsp3) is 0.238. The first kappa shape index (κ1) is 18.3. The van der Waals surface area contributed by atoms with Gasteiger partial charge in [0, 0.05) is 17.1 Å². The minimum absolute atomic E-state index is 0.0884. The Morgan fingerprint density at radius 3 is 2.45 bits per heavy atom. The summed E-state index contributed by atoms with van der Waals surface area (Å²) in [6.45, 7) is 0. The molecule has 8 heteroatoms. The Morgan fingerprint density at radius 2 is 1.86 bits per heavy atom. The van der Waals surface area contributed by atoms with Crippen molar-refractivity contribution in [1.29, 1.82) is 0 Å². The van der Waals surface area contributed by atoms with E-state index in [9.17, 15) is 19.1 Å². The van der Waals surface area contributed by atoms with Crippen LogP contribution in [-0.2, 0) is 10.4 Å². The van der Waals surface area contributed by atoms with Crippen LogP contribution < -0.4 is 5.32 Å². The van der Waals surface area contributed by atoms with Crippen LogP contribution in [0, 0.1) is 11.6 Å². The highest BCUT2D eigenvalue weighted by molar-refractivity contribution is 8.15. The normalized spacial score (nSPS) is 20.7. The van der Waals surface area contributed by atoms with Gasteiger partial charge in [0.25, 0.3) is 5.24 Å². The maximum Gasteiger partial charge on any atom is 0.286 e. The van der Waals surface area contributed by atoms with Crippen LogP contribution in [0.25, 0.3) is 22.0 Å². The van der Waals surface area contributed by atoms with Gasteiger partial charge < -0.3 is 10.1 Å². The average molecular weight is 414 g/mol. The zero-order valence-electron chi connectivity index (χ0n) is 15.1. The Bertz CT molecular complexity index is 1170. The number of fused-ring (bicyclic) bond motifs is 1. The highest BCUT2D eigenvalue weighted by atomic mass is 32.2. The van der Waals surface area contributed by atoms with Gasteiger partial charge in [0.2, 0.25) is 5.91 Å². The van der Waals surface area contributed by atoms with Gasteiger partial charge in [0.1, 0.15) is 16.9 Å². The molecule has 1 atom stereocenters. The molecule has 0 bridgehead atoms. The van der Waals surface area contributed by atoms with Crippen molar-refractivity contribution in [3.8, 4) is 11.1 Å². The van der Waals surface area contributed by atoms with E-state index in [1.807, 2.05) is 0 Å². The number of aliphatic hydroxyl groups is 1. The zero-order valence-corrected chi connectivity index (χ0v) is 15.9. The van der Waals surface area contributed by atoms with Gasteiger partial charge in [0.05, 0.1) is 16.7 Å². The molecule has 2 aromatic carbocycles. The molecular weight excluding hydrogens is 398 g/mol. The zero-order chi connectivity index (χ0) is 20.3. The fourth-order valence-corrected chi connectivity index (χ4v) is 4.88. The Balaban J connectivity index is 1.62. The van der Waals surface area contributed by atoms with Crippen LogP contribution in [0.1, 0.15) is 35.6 Å². The first-order chi connectivity index (χ1) is 13.9. The molecule has 148 valence electrons. The summed E-state index contributed by atoms with van der Waals surface area (Å²) >= 11 is 0.767. The van der Waals surface area contributed by atoms with Crippen LogP contribution in [0.3, 0.4) is 0 Å². The van der Waals surface area contributed by atoms with Crippen molar-refractivity contribution in [3.63, 3.8) is 0 Å². The summed E-state index contributed by atoms with van der Waals surface area (Å²) in [4.78, 5) is 26.3. The summed E-state index contributed by atoms with van der Waals surface area (Å²) in [6.07, 6.45) is 3.73. The average Bonchev–Trinajstić information content (AvgIpc) is 3.22. The van der Waals surface area contributed by atoms with Crippen LogP contribution in [0.2, 0.25) is 0 Å². The lowest BCUT2D eigenvalue weighted by atomic mass is 9.75. The summed E-state index contributed by atoms with van der Waals surface area (Å²) in [5, 5.41) is 11.3. The van der Waals surface area contributed by atoms with Crippen LogP contribution in [-0.4, -0.2) is 21.2 Å². The molecule has 3 aromatic rings. The largest absolute Gasteiger partial charge is 0.385 e. The standard InChI is InChI=1S/C21H16F2N2O3S/c22-13-8-14-16(12(9-24-14)18-19(26)25-20(27)29-18)17(23)15(13)10-2-4-11(5-3-10)21(28)6-1-7-21/h2-5,8-9,18,24,28H,1,6-7H2,(H,25,26,27). The van der Waals surface area contributed by atoms with Crippen LogP contribution in [0.4, 0.5) is 13.6 Å². The minimum atomic E-state index is -0.890. The van der Waals surface area contributed by atoms with Crippen molar-refractivity contribution in [1.82, 2.24) is 10.3 Å². The molecule has 2 amide bonds. The van der Waals surface area contributed by atoms with Gasteiger partial charge in [-0.25, -0.2) is 8.78 Å². The van der Waals surface area contributed by atoms with Gasteiger partial charge in [-0.15, -0.1) is 0 Å². The van der Waals surface area contributed by atoms with Crippen LogP contribution in [0.15, 0.2) is 36.5 Å². The van der Waals surface area contributed by atoms with E-state index in [0.717, 1.165) is 23.7 Å². The van der Waals surface area contributed by atoms with Crippen LogP contribution in [0.5, 0.6) is 0 Å². The summed E-state index contributed by atoms with van der Waals surface area (Å²) in [5.74, 6) is -2.05. The van der Waals surface area contributed by atoms with Gasteiger partial charge in [-0.1, -0.05) is 24.3 Å². The quantitative estimate of drug-likeness (QED) is 0.589. The smallest absolute Gasteiger partial charge is 0.286 e. The van der Waals surface area contributed by atoms with E-state index in [1.54, 1.807) is 24.3 Å². The molecular formula is C21H16F2N2O3S. The molecule has 0 spiro atoms. The monoisotopic (exact) mass is 414 g/mol. The number of imide groups is 1. The predicted octanol–water partition coefficient (Wildman–Crippen LogP) is 4.51. The third-order valence-corrected chi connectivity index (χ3v) is 6.77. The lowest BCUT2D eigenvalue weighted by molar-refractivity contribution is -0.119. The molecule has 1 aliphatic carbocycles. The number of aromatic nitrogens is 1. The molecule has 1 saturated carbocycles. The summed E-state index contributed by atoms with van der Waals surface area (Å²) in [6, 6.07) is 7.74. The molecule has 1 saturated heterocycles. The van der Waals surface area contributed by atoms with E-state index in [4.69, 9.17) is 0 Å². The molecule has 2 heterocycles. The van der Waals surface area contributed by atoms with Gasteiger partial charge in [-0.05, 0) is 48.2 Å². The summed E-state index contributed by atoms with van der Waals surface area (Å²) in [5.41, 5.74) is 0.515. The maximum atomic E-state index is 15.5. The minimum Gasteiger partial charge on any atom is -0.385 e. The molecule has 1 aliphatic heterocycles. The number of thioether (sulfide) groups is 1. The maximum absolute atomic E-state index is 15.5. The number of carbonyl (C=O) groups excluding carboxylic acids is 2. The first-order valence-corrected chi connectivity index (χ1v) is 10.1. The first-order valence-electron chi connectivity index (χ1n) is 9.21. The number of carbonyl (C=O) groups is 2. The molecule has 2 aliphatic rings. The topological polar surface area (TPSA) is 82.2 Å². The third-order valence-electron chi connectivity index (χ3n) is 5.75. The number of hydrogen-bond acceptors (Lipinski definition) is 4. The van der Waals surface area contributed by atoms with Gasteiger partial charge >= 0.3 is 0 Å². The van der Waals surface area contributed by atoms with Gasteiger partial charge in [-0.2, -0.15) is 0 Å². The second kappa shape index (κ2) is 6.40. The predicted molar refractivity (Wildman–Crippen MR) is 105 cm³/mol. The number of nitrogens with one attached hydrogen (secondary N) is 2. The number of rotatable bonds is 3. The van der Waals surface area contributed by atoms with Crippen molar-refractivity contribution in [2.45, 2.75) is 30.1 Å². The summed E-state index contributed by atoms with van der Waals surface area (Å²) in [7, 11) is 0. The molecule has 5 rings (SSSR count). The SMILES string of the molecule is O=C1NC(=O)C(c2c[nH]c3cc(F)c(-c4ccc(C5(O)CCC5)cc4)c(F)c23)S1. The van der Waals surface area contributed by atoms with Crippen molar-refractivity contribution in [2.24, 2.45) is 0 Å². The Labute approximate surface area is 168 Å². The number of aromatic amines is 1. The van der Waals surface area contributed by atoms with Gasteiger partial charge in [-0.3, -0.25) is 14.9 Å². The highest BCUT2D eigenvalue weighted by Crippen LogP contribution is 2.43. The molecule has 3 N–H and O–H groups in total. The third kappa shape index (κ3) is 2.78. The molecule has 29 heavy (non-hydrogen) atoms. The Hall–Kier alpha value is -2.71. The number of hydrogen-bond donors (Lipinski definition) is 3. The molecule has 2 fully saturated rings. The second-order valence-electron chi connectivity index (χ2n) is 7.45. The molecule has 1 unspecified atom stereocenters. The number of amides is 2. The van der Waals surface area contributed by atoms with Gasteiger partial charge in [0.15, 0.2) is 0 Å². The van der Waals surface area contributed by atoms with E-state index < -0.39 is 33.6 Å². The lowest BCUT2D eigenvalue weighted by Crippen LogP contribution is -2.33. The molecule has 0 radical (unpaired) electrons. The lowest BCUT2D eigenvalue weighted by Gasteiger charge is -2.37. The van der Waals surface area contributed by atoms with E-state index in [0.29, 0.717) is 24.0 Å². The van der Waals surface area contributed by atoms with E-state index in [2.05, 4.69) is 10.3 Å². The highest BCUT2D eigenvalue weighted by Gasteiger charge is 2.37. The Morgan fingerprint density at radius 1 is 1.14 bits per heavy atom. The van der Waals surface area contributed by atoms with E-state index in [-0.39, 0.29) is 16.5 Å². The molecule has 5 nitrogen and oxygen atoms in total. The van der Waals surface area contributed by atoms with Crippen LogP contribution >= 0.6 is 11.8 Å². The molecule has 1 aromatic heterocycles. The number of halogens is 2. The second-order valence-corrected chi connectivity index (χ2v) is 8.53. The van der Waals surface area contributed by atoms with Crippen molar-refractivity contribution >= 4 is 33.8 Å². The summed E-state index contributed by atoms with van der Waals surface area (Å²) < 4.78 is 30.2. The van der Waals surface area contributed by atoms with Crippen molar-refractivity contribution in [3.05, 3.63) is 59.3 Å². The Kier molecular flexibility index (Phi) is 4.04. The number of benzene rings is 2.